The van der Waals surface area contributed by atoms with Gasteiger partial charge in [-0.25, -0.2) is 0 Å². The van der Waals surface area contributed by atoms with Crippen molar-refractivity contribution in [1.29, 1.82) is 0 Å². The van der Waals surface area contributed by atoms with Gasteiger partial charge in [-0.15, -0.1) is 0 Å². The molecule has 0 atom stereocenters. The highest BCUT2D eigenvalue weighted by Crippen LogP contribution is 2.33. The van der Waals surface area contributed by atoms with E-state index in [1.54, 1.807) is 0 Å². The van der Waals surface area contributed by atoms with Crippen molar-refractivity contribution in [2.75, 3.05) is 0 Å². The Balaban J connectivity index is 2.45. The van der Waals surface area contributed by atoms with E-state index in [1.807, 2.05) is 12.2 Å². The highest BCUT2D eigenvalue weighted by molar-refractivity contribution is 6.01. The van der Waals surface area contributed by atoms with E-state index in [-0.39, 0.29) is 5.84 Å². The molecule has 0 saturated heterocycles. The predicted molar refractivity (Wildman–Crippen MR) is 51.5 cm³/mol. The summed E-state index contributed by atoms with van der Waals surface area (Å²) in [6.07, 6.45) is 9.29. The molecule has 0 unspecified atom stereocenters. The summed E-state index contributed by atoms with van der Waals surface area (Å²) in [4.78, 5) is 0. The Morgan fingerprint density at radius 3 is 3.15 bits per heavy atom. The fraction of sp³-hybridized carbons (Fsp3) is 0.300. The number of nitrogens with two attached hydrogens (primary N) is 1. The van der Waals surface area contributed by atoms with Gasteiger partial charge in [0.15, 0.2) is 5.84 Å². The lowest BCUT2D eigenvalue weighted by Crippen LogP contribution is -2.16. The number of allylic oxidation sites excluding steroid dienone is 4. The van der Waals surface area contributed by atoms with Crippen LogP contribution in [0.4, 0.5) is 0 Å². The summed E-state index contributed by atoms with van der Waals surface area (Å²) in [6.45, 7) is 0. The third-order valence-corrected chi connectivity index (χ3v) is 2.50. The maximum atomic E-state index is 8.58. The Kier molecular flexibility index (Phi) is 1.93. The van der Waals surface area contributed by atoms with Crippen molar-refractivity contribution in [3.63, 3.8) is 0 Å². The van der Waals surface area contributed by atoms with Crippen LogP contribution < -0.4 is 5.73 Å². The normalized spacial score (nSPS) is 21.8. The number of amidine groups is 1. The van der Waals surface area contributed by atoms with Gasteiger partial charge in [-0.2, -0.15) is 0 Å². The first-order valence-electron chi connectivity index (χ1n) is 4.40. The van der Waals surface area contributed by atoms with Crippen LogP contribution in [0.15, 0.2) is 40.1 Å². The smallest absolute Gasteiger partial charge is 0.170 e. The maximum Gasteiger partial charge on any atom is 0.170 e. The topological polar surface area (TPSA) is 58.6 Å². The van der Waals surface area contributed by atoms with Gasteiger partial charge in [0, 0.05) is 5.57 Å². The lowest BCUT2D eigenvalue weighted by atomic mass is 9.94. The van der Waals surface area contributed by atoms with Gasteiger partial charge in [-0.3, -0.25) is 0 Å². The summed E-state index contributed by atoms with van der Waals surface area (Å²) >= 11 is 0. The highest BCUT2D eigenvalue weighted by atomic mass is 16.4. The zero-order chi connectivity index (χ0) is 9.26. The molecule has 3 nitrogen and oxygen atoms in total. The Bertz CT molecular complexity index is 348. The van der Waals surface area contributed by atoms with Gasteiger partial charge in [-0.05, 0) is 30.4 Å². The van der Waals surface area contributed by atoms with Crippen LogP contribution in [0.1, 0.15) is 19.3 Å². The van der Waals surface area contributed by atoms with Gasteiger partial charge in [0.05, 0.1) is 0 Å². The molecule has 68 valence electrons. The maximum absolute atomic E-state index is 8.58. The van der Waals surface area contributed by atoms with E-state index in [0.717, 1.165) is 24.8 Å². The summed E-state index contributed by atoms with van der Waals surface area (Å²) in [7, 11) is 0. The Labute approximate surface area is 76.9 Å². The lowest BCUT2D eigenvalue weighted by molar-refractivity contribution is 0.318. The van der Waals surface area contributed by atoms with E-state index in [9.17, 15) is 0 Å². The quantitative estimate of drug-likeness (QED) is 0.276. The van der Waals surface area contributed by atoms with Crippen molar-refractivity contribution in [2.24, 2.45) is 10.9 Å². The molecule has 0 fully saturated rings. The lowest BCUT2D eigenvalue weighted by Gasteiger charge is -2.13. The van der Waals surface area contributed by atoms with Crippen LogP contribution in [-0.4, -0.2) is 11.0 Å². The Morgan fingerprint density at radius 1 is 1.54 bits per heavy atom. The van der Waals surface area contributed by atoms with Gasteiger partial charge >= 0.3 is 0 Å². The van der Waals surface area contributed by atoms with Crippen molar-refractivity contribution in [3.8, 4) is 0 Å². The second-order valence-corrected chi connectivity index (χ2v) is 3.25. The zero-order valence-electron chi connectivity index (χ0n) is 7.33. The number of rotatable bonds is 1. The van der Waals surface area contributed by atoms with Crippen molar-refractivity contribution in [1.82, 2.24) is 0 Å². The number of hydrogen-bond acceptors (Lipinski definition) is 2. The van der Waals surface area contributed by atoms with E-state index in [1.165, 1.54) is 11.1 Å². The molecule has 2 aliphatic carbocycles. The molecule has 0 aliphatic heterocycles. The van der Waals surface area contributed by atoms with E-state index < -0.39 is 0 Å². The van der Waals surface area contributed by atoms with Gasteiger partial charge in [0.1, 0.15) is 0 Å². The van der Waals surface area contributed by atoms with Gasteiger partial charge in [-0.1, -0.05) is 23.4 Å². The Hall–Kier alpha value is -1.51. The van der Waals surface area contributed by atoms with Gasteiger partial charge in [0.25, 0.3) is 0 Å². The minimum Gasteiger partial charge on any atom is -0.409 e. The first-order chi connectivity index (χ1) is 6.33. The van der Waals surface area contributed by atoms with Crippen LogP contribution in [0.2, 0.25) is 0 Å². The average molecular weight is 176 g/mol. The number of hydrogen-bond donors (Lipinski definition) is 2. The van der Waals surface area contributed by atoms with Crippen molar-refractivity contribution in [3.05, 3.63) is 34.9 Å². The third kappa shape index (κ3) is 1.26. The van der Waals surface area contributed by atoms with Gasteiger partial charge < -0.3 is 10.9 Å². The molecule has 2 rings (SSSR count). The third-order valence-electron chi connectivity index (χ3n) is 2.50. The molecule has 3 N–H and O–H groups in total. The minimum absolute atomic E-state index is 0.221. The molecular weight excluding hydrogens is 164 g/mol. The molecule has 0 aromatic heterocycles. The molecule has 0 amide bonds. The van der Waals surface area contributed by atoms with Crippen LogP contribution in [0.5, 0.6) is 0 Å². The van der Waals surface area contributed by atoms with Crippen molar-refractivity contribution in [2.45, 2.75) is 19.3 Å². The van der Waals surface area contributed by atoms with E-state index >= 15 is 0 Å². The van der Waals surface area contributed by atoms with Crippen LogP contribution in [0.3, 0.4) is 0 Å². The first kappa shape index (κ1) is 8.10. The highest BCUT2D eigenvalue weighted by Gasteiger charge is 2.19. The molecule has 0 saturated carbocycles. The molecule has 0 heterocycles. The Morgan fingerprint density at radius 2 is 2.38 bits per heavy atom. The largest absolute Gasteiger partial charge is 0.409 e. The molecule has 0 spiro atoms. The monoisotopic (exact) mass is 176 g/mol. The molecule has 0 aromatic rings. The summed E-state index contributed by atoms with van der Waals surface area (Å²) in [5.41, 5.74) is 9.04. The van der Waals surface area contributed by atoms with E-state index in [0.29, 0.717) is 0 Å². The molecule has 0 bridgehead atoms. The van der Waals surface area contributed by atoms with Gasteiger partial charge in [0.2, 0.25) is 0 Å². The van der Waals surface area contributed by atoms with Crippen molar-refractivity contribution < 1.29 is 5.21 Å². The van der Waals surface area contributed by atoms with E-state index in [4.69, 9.17) is 10.9 Å². The summed E-state index contributed by atoms with van der Waals surface area (Å²) in [6, 6.07) is 0. The molecule has 3 heteroatoms. The predicted octanol–water partition coefficient (Wildman–Crippen LogP) is 1.71. The summed E-state index contributed by atoms with van der Waals surface area (Å²) in [5, 5.41) is 11.6. The summed E-state index contributed by atoms with van der Waals surface area (Å²) in [5.74, 6) is 0.221. The zero-order valence-corrected chi connectivity index (χ0v) is 7.33. The van der Waals surface area contributed by atoms with Crippen molar-refractivity contribution >= 4 is 5.84 Å². The molecule has 2 aliphatic rings. The molecule has 13 heavy (non-hydrogen) atoms. The number of fused-ring (bicyclic) bond motifs is 1. The summed E-state index contributed by atoms with van der Waals surface area (Å²) < 4.78 is 0. The molecule has 0 aromatic carbocycles. The number of oxime groups is 1. The van der Waals surface area contributed by atoms with Crippen LogP contribution in [-0.2, 0) is 0 Å². The fourth-order valence-corrected chi connectivity index (χ4v) is 1.89. The average Bonchev–Trinajstić information content (AvgIpc) is 2.63. The second kappa shape index (κ2) is 3.09. The fourth-order valence-electron chi connectivity index (χ4n) is 1.89. The second-order valence-electron chi connectivity index (χ2n) is 3.25. The first-order valence-corrected chi connectivity index (χ1v) is 4.40. The molecule has 0 radical (unpaired) electrons. The van der Waals surface area contributed by atoms with Crippen LogP contribution in [0.25, 0.3) is 0 Å². The molecular formula is C10H12N2O. The SMILES string of the molecule is N/C(=N\O)C1=C2CCC=C2CC=C1. The van der Waals surface area contributed by atoms with Crippen LogP contribution >= 0.6 is 0 Å². The van der Waals surface area contributed by atoms with Crippen LogP contribution in [0, 0.1) is 0 Å². The van der Waals surface area contributed by atoms with E-state index in [2.05, 4.69) is 11.2 Å². The standard InChI is InChI=1S/C10H12N2O/c11-10(12-13)9-6-2-4-7-3-1-5-8(7)9/h2-3,6,13H,1,4-5H2,(H2,11,12). The minimum atomic E-state index is 0.221. The number of nitrogens with zero attached hydrogens (tertiary/aromatic N) is 1.